The molecule has 0 spiro atoms. The van der Waals surface area contributed by atoms with Crippen LogP contribution in [-0.2, 0) is 14.8 Å². The van der Waals surface area contributed by atoms with E-state index in [-0.39, 0.29) is 22.2 Å². The molecular weight excluding hydrogens is 382 g/mol. The molecule has 2 N–H and O–H groups in total. The van der Waals surface area contributed by atoms with Crippen molar-refractivity contribution in [3.63, 3.8) is 0 Å². The van der Waals surface area contributed by atoms with Crippen LogP contribution in [0.3, 0.4) is 0 Å². The maximum Gasteiger partial charge on any atom is 0.322 e. The molecule has 6 nitrogen and oxygen atoms in total. The van der Waals surface area contributed by atoms with Gasteiger partial charge in [-0.2, -0.15) is 4.31 Å². The topological polar surface area (TPSA) is 94.9 Å². The molecule has 106 valence electrons. The lowest BCUT2D eigenvalue weighted by molar-refractivity contribution is -0.140. The summed E-state index contributed by atoms with van der Waals surface area (Å²) >= 11 is 9.80. The number of thiophene rings is 1. The molecule has 2 heterocycles. The van der Waals surface area contributed by atoms with Crippen molar-refractivity contribution >= 4 is 54.9 Å². The molecule has 1 aliphatic heterocycles. The molecule has 1 fully saturated rings. The van der Waals surface area contributed by atoms with Crippen LogP contribution in [-0.4, -0.2) is 47.6 Å². The molecule has 10 heteroatoms. The fourth-order valence-electron chi connectivity index (χ4n) is 1.84. The molecule has 2 atom stereocenters. The molecule has 0 saturated carbocycles. The number of halogens is 2. The number of hydrogen-bond donors (Lipinski definition) is 2. The molecule has 0 aliphatic carbocycles. The second-order valence-corrected chi connectivity index (χ2v) is 8.90. The zero-order chi connectivity index (χ0) is 14.4. The van der Waals surface area contributed by atoms with Crippen LogP contribution < -0.4 is 0 Å². The highest BCUT2D eigenvalue weighted by Gasteiger charge is 2.44. The molecule has 2 unspecified atom stereocenters. The third kappa shape index (κ3) is 2.81. The minimum Gasteiger partial charge on any atom is -0.480 e. The Hall–Kier alpha value is -0.190. The first kappa shape index (κ1) is 15.2. The van der Waals surface area contributed by atoms with Gasteiger partial charge in [0.2, 0.25) is 0 Å². The highest BCUT2D eigenvalue weighted by molar-refractivity contribution is 9.11. The largest absolute Gasteiger partial charge is 0.480 e. The van der Waals surface area contributed by atoms with Crippen LogP contribution in [0, 0.1) is 0 Å². The third-order valence-corrected chi connectivity index (χ3v) is 7.50. The van der Waals surface area contributed by atoms with Crippen molar-refractivity contribution in [3.8, 4) is 0 Å². The summed E-state index contributed by atoms with van der Waals surface area (Å²) in [5.74, 6) is -1.28. The van der Waals surface area contributed by atoms with Crippen LogP contribution in [0.1, 0.15) is 6.42 Å². The van der Waals surface area contributed by atoms with E-state index in [9.17, 15) is 18.3 Å². The van der Waals surface area contributed by atoms with Crippen LogP contribution in [0.5, 0.6) is 0 Å². The number of nitrogens with zero attached hydrogens (tertiary/aromatic N) is 1. The van der Waals surface area contributed by atoms with Crippen LogP contribution in [0.25, 0.3) is 0 Å². The fraction of sp³-hybridized carbons (Fsp3) is 0.444. The van der Waals surface area contributed by atoms with Crippen LogP contribution in [0.15, 0.2) is 14.1 Å². The summed E-state index contributed by atoms with van der Waals surface area (Å²) in [6.07, 6.45) is -1.09. The first-order valence-electron chi connectivity index (χ1n) is 5.11. The predicted octanol–water partition coefficient (Wildman–Crippen LogP) is 1.37. The smallest absolute Gasteiger partial charge is 0.322 e. The van der Waals surface area contributed by atoms with E-state index in [1.54, 1.807) is 0 Å². The maximum atomic E-state index is 12.3. The molecule has 1 aromatic rings. The lowest BCUT2D eigenvalue weighted by atomic mass is 10.2. The van der Waals surface area contributed by atoms with E-state index < -0.39 is 28.1 Å². The van der Waals surface area contributed by atoms with Crippen molar-refractivity contribution in [3.05, 3.63) is 14.9 Å². The average molecular weight is 391 g/mol. The second kappa shape index (κ2) is 5.30. The SMILES string of the molecule is O=C(O)C1CC(O)CN1S(=O)(=O)c1cc(Cl)c(Br)s1. The molecule has 2 rings (SSSR count). The summed E-state index contributed by atoms with van der Waals surface area (Å²) in [6.45, 7) is -0.230. The van der Waals surface area contributed by atoms with Crippen molar-refractivity contribution in [2.45, 2.75) is 22.8 Å². The van der Waals surface area contributed by atoms with E-state index >= 15 is 0 Å². The van der Waals surface area contributed by atoms with Gasteiger partial charge in [0.15, 0.2) is 0 Å². The van der Waals surface area contributed by atoms with Crippen molar-refractivity contribution in [2.24, 2.45) is 0 Å². The van der Waals surface area contributed by atoms with Crippen molar-refractivity contribution in [1.82, 2.24) is 4.31 Å². The highest BCUT2D eigenvalue weighted by atomic mass is 79.9. The van der Waals surface area contributed by atoms with Gasteiger partial charge in [0.05, 0.1) is 14.9 Å². The molecule has 1 aliphatic rings. The lowest BCUT2D eigenvalue weighted by Gasteiger charge is -2.19. The monoisotopic (exact) mass is 389 g/mol. The molecule has 1 aromatic heterocycles. The molecule has 19 heavy (non-hydrogen) atoms. The van der Waals surface area contributed by atoms with Gasteiger partial charge in [0, 0.05) is 13.0 Å². The number of aliphatic hydroxyl groups is 1. The van der Waals surface area contributed by atoms with Gasteiger partial charge in [0.1, 0.15) is 10.3 Å². The van der Waals surface area contributed by atoms with Crippen LogP contribution in [0.4, 0.5) is 0 Å². The third-order valence-electron chi connectivity index (χ3n) is 2.70. The van der Waals surface area contributed by atoms with E-state index in [4.69, 9.17) is 16.7 Å². The summed E-state index contributed by atoms with van der Waals surface area (Å²) in [5.41, 5.74) is 0. The van der Waals surface area contributed by atoms with E-state index in [1.807, 2.05) is 0 Å². The minimum absolute atomic E-state index is 0.0512. The number of sulfonamides is 1. The number of hydrogen-bond acceptors (Lipinski definition) is 5. The normalized spacial score (nSPS) is 24.8. The lowest BCUT2D eigenvalue weighted by Crippen LogP contribution is -2.40. The van der Waals surface area contributed by atoms with E-state index in [2.05, 4.69) is 15.9 Å². The van der Waals surface area contributed by atoms with Crippen LogP contribution >= 0.6 is 38.9 Å². The quantitative estimate of drug-likeness (QED) is 0.813. The average Bonchev–Trinajstić information content (AvgIpc) is 2.84. The van der Waals surface area contributed by atoms with Crippen molar-refractivity contribution < 1.29 is 23.4 Å². The Morgan fingerprint density at radius 1 is 1.58 bits per heavy atom. The van der Waals surface area contributed by atoms with Gasteiger partial charge in [-0.3, -0.25) is 4.79 Å². The highest BCUT2D eigenvalue weighted by Crippen LogP contribution is 2.37. The van der Waals surface area contributed by atoms with Gasteiger partial charge < -0.3 is 10.2 Å². The Morgan fingerprint density at radius 2 is 2.21 bits per heavy atom. The Kier molecular flexibility index (Phi) is 4.24. The summed E-state index contributed by atoms with van der Waals surface area (Å²) in [6, 6.07) is 0.00885. The Balaban J connectivity index is 2.41. The van der Waals surface area contributed by atoms with Gasteiger partial charge in [0.25, 0.3) is 10.0 Å². The minimum atomic E-state index is -3.97. The number of carbonyl (C=O) groups is 1. The van der Waals surface area contributed by atoms with Gasteiger partial charge >= 0.3 is 5.97 Å². The Morgan fingerprint density at radius 3 is 2.68 bits per heavy atom. The van der Waals surface area contributed by atoms with E-state index in [0.29, 0.717) is 3.79 Å². The van der Waals surface area contributed by atoms with Gasteiger partial charge in [-0.1, -0.05) is 11.6 Å². The number of carboxylic acids is 1. The zero-order valence-corrected chi connectivity index (χ0v) is 13.3. The fourth-order valence-corrected chi connectivity index (χ4v) is 6.00. The number of carboxylic acid groups (broad SMARTS) is 1. The van der Waals surface area contributed by atoms with Crippen molar-refractivity contribution in [1.29, 1.82) is 0 Å². The number of aliphatic carboxylic acids is 1. The number of aliphatic hydroxyl groups excluding tert-OH is 1. The van der Waals surface area contributed by atoms with Crippen molar-refractivity contribution in [2.75, 3.05) is 6.54 Å². The molecule has 0 radical (unpaired) electrons. The zero-order valence-electron chi connectivity index (χ0n) is 9.29. The first-order chi connectivity index (χ1) is 8.73. The standard InChI is InChI=1S/C9H9BrClNO5S2/c10-8-5(11)2-7(18-8)19(16,17)12-3-4(13)1-6(12)9(14)15/h2,4,6,13H,1,3H2,(H,14,15). The maximum absolute atomic E-state index is 12.3. The summed E-state index contributed by atoms with van der Waals surface area (Å²) in [7, 11) is -3.97. The molecule has 1 saturated heterocycles. The molecule has 0 aromatic carbocycles. The first-order valence-corrected chi connectivity index (χ1v) is 8.53. The second-order valence-electron chi connectivity index (χ2n) is 4.01. The molecule has 0 bridgehead atoms. The Bertz CT molecular complexity index is 597. The summed E-state index contributed by atoms with van der Waals surface area (Å²) in [4.78, 5) is 11.1. The number of rotatable bonds is 3. The number of β-amino-alcohol motifs (C(OH)–C–C–N with tert-alkyl or cyclic N) is 1. The molecule has 0 amide bonds. The Labute approximate surface area is 126 Å². The van der Waals surface area contributed by atoms with E-state index in [1.165, 1.54) is 6.07 Å². The van der Waals surface area contributed by atoms with Crippen LogP contribution in [0.2, 0.25) is 5.02 Å². The van der Waals surface area contributed by atoms with E-state index in [0.717, 1.165) is 15.6 Å². The molecular formula is C9H9BrClNO5S2. The predicted molar refractivity (Wildman–Crippen MR) is 73.0 cm³/mol. The van der Waals surface area contributed by atoms with Gasteiger partial charge in [-0.25, -0.2) is 8.42 Å². The van der Waals surface area contributed by atoms with Gasteiger partial charge in [-0.15, -0.1) is 11.3 Å². The summed E-state index contributed by atoms with van der Waals surface area (Å²) < 4.78 is 25.9. The van der Waals surface area contributed by atoms with Gasteiger partial charge in [-0.05, 0) is 22.0 Å². The summed E-state index contributed by atoms with van der Waals surface area (Å²) in [5, 5.41) is 18.8.